The van der Waals surface area contributed by atoms with Crippen LogP contribution in [0.25, 0.3) is 90.9 Å². The number of fused-ring (bicyclic) bond motifs is 8. The Kier molecular flexibility index (Phi) is 7.67. The fraction of sp³-hybridized carbons (Fsp3) is 0.0213. The maximum Gasteiger partial charge on any atom is 0.0737 e. The van der Waals surface area contributed by atoms with Gasteiger partial charge in [0, 0.05) is 44.3 Å². The Hall–Kier alpha value is -6.78. The summed E-state index contributed by atoms with van der Waals surface area (Å²) < 4.78 is 0. The smallest absolute Gasteiger partial charge is 0.0737 e. The highest BCUT2D eigenvalue weighted by Crippen LogP contribution is 2.38. The summed E-state index contributed by atoms with van der Waals surface area (Å²) in [4.78, 5) is 18.2. The van der Waals surface area contributed by atoms with E-state index >= 15 is 0 Å². The maximum atomic E-state index is 5.39. The normalized spacial score (nSPS) is 11.9. The Bertz CT molecular complexity index is 2640. The molecule has 5 heterocycles. The molecule has 9 rings (SSSR count). The second-order valence-corrected chi connectivity index (χ2v) is 12.8. The van der Waals surface area contributed by atoms with Gasteiger partial charge in [-0.2, -0.15) is 0 Å². The number of aromatic nitrogens is 4. The van der Waals surface area contributed by atoms with E-state index in [0.717, 1.165) is 95.8 Å². The maximum absolute atomic E-state index is 5.39. The molecule has 0 aliphatic carbocycles. The van der Waals surface area contributed by atoms with Gasteiger partial charge in [0.05, 0.1) is 22.8 Å². The molecule has 2 aliphatic rings. The van der Waals surface area contributed by atoms with Crippen LogP contribution in [0.2, 0.25) is 0 Å². The van der Waals surface area contributed by atoms with Gasteiger partial charge in [0.1, 0.15) is 0 Å². The molecule has 0 unspecified atom stereocenters. The summed E-state index contributed by atoms with van der Waals surface area (Å²) in [6.45, 7) is 3.92. The number of rotatable bonds is 6. The Balaban J connectivity index is 1.44. The van der Waals surface area contributed by atoms with E-state index in [4.69, 9.17) is 9.97 Å². The lowest BCUT2D eigenvalue weighted by molar-refractivity contribution is 1.28. The highest BCUT2D eigenvalue weighted by Gasteiger charge is 2.18. The summed E-state index contributed by atoms with van der Waals surface area (Å²) in [5, 5.41) is 0. The molecule has 3 aromatic heterocycles. The van der Waals surface area contributed by atoms with Crippen molar-refractivity contribution in [3.05, 3.63) is 181 Å². The van der Waals surface area contributed by atoms with Gasteiger partial charge in [-0.15, -0.1) is 6.58 Å². The molecule has 0 radical (unpaired) electrons. The van der Waals surface area contributed by atoms with E-state index in [9.17, 15) is 0 Å². The van der Waals surface area contributed by atoms with E-state index in [-0.39, 0.29) is 0 Å². The van der Waals surface area contributed by atoms with Gasteiger partial charge in [0.25, 0.3) is 0 Å². The molecule has 0 fully saturated rings. The number of hydrogen-bond acceptors (Lipinski definition) is 2. The molecular weight excluding hydrogens is 621 g/mol. The SMILES string of the molecule is C=CCc1ccc(-c2cc3[nH]c2cc2nc(c(-c4ccccc4)c4ccc([nH]4)c(-c4ccccc4)c4nc(c3-c3ccccc3)C=C4)C=C2)cc1. The minimum Gasteiger partial charge on any atom is -0.354 e. The molecule has 4 heteroatoms. The van der Waals surface area contributed by atoms with Crippen molar-refractivity contribution in [3.63, 3.8) is 0 Å². The van der Waals surface area contributed by atoms with Crippen molar-refractivity contribution in [3.8, 4) is 44.5 Å². The van der Waals surface area contributed by atoms with E-state index in [1.54, 1.807) is 0 Å². The third-order valence-electron chi connectivity index (χ3n) is 9.54. The van der Waals surface area contributed by atoms with Crippen LogP contribution in [0.3, 0.4) is 0 Å². The number of nitrogens with one attached hydrogen (secondary N) is 2. The largest absolute Gasteiger partial charge is 0.354 e. The molecule has 51 heavy (non-hydrogen) atoms. The van der Waals surface area contributed by atoms with E-state index in [1.165, 1.54) is 5.56 Å². The van der Waals surface area contributed by atoms with E-state index in [2.05, 4.69) is 174 Å². The number of benzene rings is 4. The van der Waals surface area contributed by atoms with Crippen LogP contribution >= 0.6 is 0 Å². The average molecular weight is 655 g/mol. The first-order chi connectivity index (χ1) is 25.2. The van der Waals surface area contributed by atoms with E-state index in [0.29, 0.717) is 0 Å². The fourth-order valence-electron chi connectivity index (χ4n) is 7.16. The number of hydrogen-bond donors (Lipinski definition) is 2. The highest BCUT2D eigenvalue weighted by molar-refractivity contribution is 5.99. The lowest BCUT2D eigenvalue weighted by atomic mass is 10.0. The van der Waals surface area contributed by atoms with Crippen molar-refractivity contribution in [2.45, 2.75) is 6.42 Å². The van der Waals surface area contributed by atoms with Gasteiger partial charge in [0.15, 0.2) is 0 Å². The second-order valence-electron chi connectivity index (χ2n) is 12.8. The molecule has 8 bridgehead atoms. The standard InChI is InChI=1S/C47H34N4/c1-2-12-31-19-21-32(22-20-31)37-30-44-47(35-17-10-5-11-18-35)42-28-27-41(50-42)46(34-15-8-4-9-16-34)40-26-25-39(49-40)45(33-13-6-3-7-14-33)38-24-23-36(48-38)29-43(37)51-44/h2-11,13-30,49,51H,1,12H2. The van der Waals surface area contributed by atoms with Crippen LogP contribution in [0.5, 0.6) is 0 Å². The van der Waals surface area contributed by atoms with Crippen molar-refractivity contribution in [2.24, 2.45) is 0 Å². The molecule has 2 N–H and O–H groups in total. The van der Waals surface area contributed by atoms with Gasteiger partial charge in [-0.1, -0.05) is 121 Å². The van der Waals surface area contributed by atoms with Gasteiger partial charge >= 0.3 is 0 Å². The number of allylic oxidation sites excluding steroid dienone is 1. The van der Waals surface area contributed by atoms with Gasteiger partial charge in [-0.3, -0.25) is 0 Å². The zero-order valence-corrected chi connectivity index (χ0v) is 28.0. The number of H-pyrrole nitrogens is 2. The molecular formula is C47H34N4. The Morgan fingerprint density at radius 2 is 0.941 bits per heavy atom. The fourth-order valence-corrected chi connectivity index (χ4v) is 7.16. The third kappa shape index (κ3) is 5.73. The molecule has 0 saturated carbocycles. The van der Waals surface area contributed by atoms with Gasteiger partial charge < -0.3 is 9.97 Å². The predicted octanol–water partition coefficient (Wildman–Crippen LogP) is 12.1. The molecule has 242 valence electrons. The Morgan fingerprint density at radius 1 is 0.451 bits per heavy atom. The molecule has 0 amide bonds. The van der Waals surface area contributed by atoms with Crippen LogP contribution in [0.1, 0.15) is 28.3 Å². The summed E-state index contributed by atoms with van der Waals surface area (Å²) in [5.41, 5.74) is 17.4. The lowest BCUT2D eigenvalue weighted by Gasteiger charge is -2.06. The predicted molar refractivity (Wildman–Crippen MR) is 215 cm³/mol. The Morgan fingerprint density at radius 3 is 1.49 bits per heavy atom. The third-order valence-corrected chi connectivity index (χ3v) is 9.54. The summed E-state index contributed by atoms with van der Waals surface area (Å²) in [6, 6.07) is 49.0. The average Bonchev–Trinajstić information content (AvgIpc) is 4.01. The summed E-state index contributed by atoms with van der Waals surface area (Å²) in [7, 11) is 0. The van der Waals surface area contributed by atoms with E-state index in [1.807, 2.05) is 12.1 Å². The van der Waals surface area contributed by atoms with Crippen LogP contribution in [0.4, 0.5) is 0 Å². The van der Waals surface area contributed by atoms with Gasteiger partial charge in [-0.25, -0.2) is 9.97 Å². The van der Waals surface area contributed by atoms with Crippen molar-refractivity contribution < 1.29 is 0 Å². The number of aromatic amines is 2. The summed E-state index contributed by atoms with van der Waals surface area (Å²) >= 11 is 0. The minimum absolute atomic E-state index is 0.833. The first-order valence-corrected chi connectivity index (χ1v) is 17.3. The molecule has 7 aromatic rings. The minimum atomic E-state index is 0.833. The summed E-state index contributed by atoms with van der Waals surface area (Å²) in [6.07, 6.45) is 11.3. The van der Waals surface area contributed by atoms with Gasteiger partial charge in [-0.05, 0) is 82.8 Å². The van der Waals surface area contributed by atoms with Crippen LogP contribution < -0.4 is 0 Å². The van der Waals surface area contributed by atoms with E-state index < -0.39 is 0 Å². The topological polar surface area (TPSA) is 57.4 Å². The first-order valence-electron chi connectivity index (χ1n) is 17.3. The van der Waals surface area contributed by atoms with Crippen LogP contribution in [-0.4, -0.2) is 19.9 Å². The molecule has 0 spiro atoms. The van der Waals surface area contributed by atoms with Crippen molar-refractivity contribution in [1.29, 1.82) is 0 Å². The molecule has 4 aromatic carbocycles. The molecule has 4 nitrogen and oxygen atoms in total. The zero-order chi connectivity index (χ0) is 34.1. The highest BCUT2D eigenvalue weighted by atomic mass is 14.8. The first kappa shape index (κ1) is 30.3. The monoisotopic (exact) mass is 654 g/mol. The number of nitrogens with zero attached hydrogens (tertiary/aromatic N) is 2. The second kappa shape index (κ2) is 12.9. The van der Waals surface area contributed by atoms with Crippen molar-refractivity contribution in [2.75, 3.05) is 0 Å². The Labute approximate surface area is 296 Å². The van der Waals surface area contributed by atoms with Crippen LogP contribution in [0.15, 0.2) is 152 Å². The van der Waals surface area contributed by atoms with Crippen LogP contribution in [-0.2, 0) is 6.42 Å². The van der Waals surface area contributed by atoms with Gasteiger partial charge in [0.2, 0.25) is 0 Å². The quantitative estimate of drug-likeness (QED) is 0.175. The van der Waals surface area contributed by atoms with Crippen molar-refractivity contribution in [1.82, 2.24) is 19.9 Å². The molecule has 0 atom stereocenters. The van der Waals surface area contributed by atoms with Crippen LogP contribution in [0, 0.1) is 0 Å². The van der Waals surface area contributed by atoms with Crippen molar-refractivity contribution >= 4 is 46.4 Å². The molecule has 2 aliphatic heterocycles. The molecule has 0 saturated heterocycles. The zero-order valence-electron chi connectivity index (χ0n) is 28.0. The lowest BCUT2D eigenvalue weighted by Crippen LogP contribution is -1.88. The summed E-state index contributed by atoms with van der Waals surface area (Å²) in [5.74, 6) is 0.